The molecule has 144 valence electrons. The van der Waals surface area contributed by atoms with Gasteiger partial charge in [0.1, 0.15) is 0 Å². The number of piperidine rings is 1. The number of nitrogens with one attached hydrogen (secondary N) is 3. The van der Waals surface area contributed by atoms with Crippen LogP contribution in [0.3, 0.4) is 0 Å². The molecule has 5 N–H and O–H groups in total. The second-order valence-corrected chi connectivity index (χ2v) is 7.17. The molecule has 0 atom stereocenters. The zero-order chi connectivity index (χ0) is 19.2. The lowest BCUT2D eigenvalue weighted by molar-refractivity contribution is 0.0995. The third kappa shape index (κ3) is 5.13. The van der Waals surface area contributed by atoms with Crippen molar-refractivity contribution in [3.63, 3.8) is 0 Å². The molecule has 0 aliphatic carbocycles. The van der Waals surface area contributed by atoms with E-state index in [-0.39, 0.29) is 5.69 Å². The SMILES string of the molecule is CC(C)c1ccc(Nc2nc(NCC3CCNCC3)nnc2C(N)=O)cc1. The smallest absolute Gasteiger partial charge is 0.273 e. The Kier molecular flexibility index (Phi) is 6.18. The molecule has 2 heterocycles. The first-order valence-electron chi connectivity index (χ1n) is 9.39. The van der Waals surface area contributed by atoms with E-state index < -0.39 is 5.91 Å². The van der Waals surface area contributed by atoms with Gasteiger partial charge in [-0.1, -0.05) is 26.0 Å². The molecule has 0 spiro atoms. The number of nitrogens with two attached hydrogens (primary N) is 1. The highest BCUT2D eigenvalue weighted by Crippen LogP contribution is 2.22. The Labute approximate surface area is 159 Å². The quantitative estimate of drug-likeness (QED) is 0.591. The minimum atomic E-state index is -0.666. The number of nitrogens with zero attached hydrogens (tertiary/aromatic N) is 3. The van der Waals surface area contributed by atoms with Gasteiger partial charge in [0.15, 0.2) is 11.5 Å². The summed E-state index contributed by atoms with van der Waals surface area (Å²) in [5.41, 5.74) is 7.50. The largest absolute Gasteiger partial charge is 0.364 e. The van der Waals surface area contributed by atoms with Gasteiger partial charge in [0.25, 0.3) is 5.91 Å². The lowest BCUT2D eigenvalue weighted by Crippen LogP contribution is -2.31. The zero-order valence-corrected chi connectivity index (χ0v) is 15.8. The van der Waals surface area contributed by atoms with Crippen LogP contribution in [0.4, 0.5) is 17.5 Å². The van der Waals surface area contributed by atoms with Crippen LogP contribution in [0, 0.1) is 5.92 Å². The van der Waals surface area contributed by atoms with E-state index in [1.54, 1.807) is 0 Å². The average molecular weight is 369 g/mol. The molecule has 0 unspecified atom stereocenters. The molecule has 3 rings (SSSR count). The van der Waals surface area contributed by atoms with Crippen molar-refractivity contribution in [2.45, 2.75) is 32.6 Å². The van der Waals surface area contributed by atoms with Crippen LogP contribution in [-0.4, -0.2) is 40.7 Å². The highest BCUT2D eigenvalue weighted by atomic mass is 16.1. The molecule has 0 radical (unpaired) electrons. The lowest BCUT2D eigenvalue weighted by atomic mass is 9.98. The monoisotopic (exact) mass is 369 g/mol. The summed E-state index contributed by atoms with van der Waals surface area (Å²) in [5, 5.41) is 17.7. The topological polar surface area (TPSA) is 118 Å². The fraction of sp³-hybridized carbons (Fsp3) is 0.474. The summed E-state index contributed by atoms with van der Waals surface area (Å²) < 4.78 is 0. The molecule has 8 nitrogen and oxygen atoms in total. The Hall–Kier alpha value is -2.74. The van der Waals surface area contributed by atoms with Gasteiger partial charge in [0, 0.05) is 12.2 Å². The number of carbonyl (C=O) groups excluding carboxylic acids is 1. The molecule has 27 heavy (non-hydrogen) atoms. The Balaban J connectivity index is 1.73. The molecule has 1 amide bonds. The number of hydrogen-bond donors (Lipinski definition) is 4. The van der Waals surface area contributed by atoms with E-state index in [0.29, 0.717) is 23.6 Å². The van der Waals surface area contributed by atoms with Gasteiger partial charge in [0.2, 0.25) is 5.95 Å². The van der Waals surface area contributed by atoms with Crippen LogP contribution < -0.4 is 21.7 Å². The fourth-order valence-corrected chi connectivity index (χ4v) is 3.06. The summed E-state index contributed by atoms with van der Waals surface area (Å²) in [6, 6.07) is 7.98. The van der Waals surface area contributed by atoms with Gasteiger partial charge in [0.05, 0.1) is 0 Å². The molecule has 1 aliphatic heterocycles. The number of hydrogen-bond acceptors (Lipinski definition) is 7. The van der Waals surface area contributed by atoms with Crippen LogP contribution in [0.15, 0.2) is 24.3 Å². The molecule has 2 aromatic rings. The van der Waals surface area contributed by atoms with Gasteiger partial charge in [-0.3, -0.25) is 4.79 Å². The molecule has 8 heteroatoms. The second-order valence-electron chi connectivity index (χ2n) is 7.17. The van der Waals surface area contributed by atoms with Crippen LogP contribution in [0.5, 0.6) is 0 Å². The highest BCUT2D eigenvalue weighted by molar-refractivity contribution is 5.96. The summed E-state index contributed by atoms with van der Waals surface area (Å²) in [6.45, 7) is 7.13. The van der Waals surface area contributed by atoms with Crippen molar-refractivity contribution in [1.29, 1.82) is 0 Å². The summed E-state index contributed by atoms with van der Waals surface area (Å²) >= 11 is 0. The number of carbonyl (C=O) groups is 1. The molecule has 1 aromatic carbocycles. The first-order chi connectivity index (χ1) is 13.0. The maximum atomic E-state index is 11.7. The van der Waals surface area contributed by atoms with Crippen LogP contribution >= 0.6 is 0 Å². The number of anilines is 3. The van der Waals surface area contributed by atoms with E-state index in [2.05, 4.69) is 45.0 Å². The van der Waals surface area contributed by atoms with Crippen LogP contribution in [-0.2, 0) is 0 Å². The van der Waals surface area contributed by atoms with Gasteiger partial charge in [-0.25, -0.2) is 0 Å². The molecule has 1 saturated heterocycles. The number of amides is 1. The third-order valence-corrected chi connectivity index (χ3v) is 4.77. The van der Waals surface area contributed by atoms with E-state index in [1.165, 1.54) is 5.56 Å². The predicted molar refractivity (Wildman–Crippen MR) is 106 cm³/mol. The predicted octanol–water partition coefficient (Wildman–Crippen LogP) is 2.25. The number of primary amides is 1. The van der Waals surface area contributed by atoms with Gasteiger partial charge in [-0.2, -0.15) is 4.98 Å². The minimum Gasteiger partial charge on any atom is -0.364 e. The summed E-state index contributed by atoms with van der Waals surface area (Å²) in [5.74, 6) is 1.06. The number of rotatable bonds is 7. The standard InChI is InChI=1S/C19H27N7O/c1-12(2)14-3-5-15(6-4-14)23-18-16(17(20)27)25-26-19(24-18)22-11-13-7-9-21-10-8-13/h3-6,12-13,21H,7-11H2,1-2H3,(H2,20,27)(H2,22,23,24,26). The Morgan fingerprint density at radius 3 is 2.56 bits per heavy atom. The van der Waals surface area contributed by atoms with Gasteiger partial charge in [-0.05, 0) is 55.5 Å². The number of benzene rings is 1. The van der Waals surface area contributed by atoms with Crippen LogP contribution in [0.1, 0.15) is 48.7 Å². The molecule has 1 aromatic heterocycles. The van der Waals surface area contributed by atoms with E-state index in [9.17, 15) is 4.79 Å². The molecular formula is C19H27N7O. The zero-order valence-electron chi connectivity index (χ0n) is 15.8. The molecule has 1 fully saturated rings. The Morgan fingerprint density at radius 1 is 1.22 bits per heavy atom. The van der Waals surface area contributed by atoms with Crippen molar-refractivity contribution < 1.29 is 4.79 Å². The van der Waals surface area contributed by atoms with Crippen molar-refractivity contribution >= 4 is 23.4 Å². The highest BCUT2D eigenvalue weighted by Gasteiger charge is 2.17. The van der Waals surface area contributed by atoms with Crippen molar-refractivity contribution in [2.24, 2.45) is 11.7 Å². The van der Waals surface area contributed by atoms with Crippen molar-refractivity contribution in [2.75, 3.05) is 30.3 Å². The summed E-state index contributed by atoms with van der Waals surface area (Å²) in [6.07, 6.45) is 2.24. The molecule has 0 saturated carbocycles. The van der Waals surface area contributed by atoms with E-state index in [1.807, 2.05) is 24.3 Å². The molecule has 0 bridgehead atoms. The third-order valence-electron chi connectivity index (χ3n) is 4.77. The first-order valence-corrected chi connectivity index (χ1v) is 9.39. The van der Waals surface area contributed by atoms with E-state index >= 15 is 0 Å². The van der Waals surface area contributed by atoms with E-state index in [4.69, 9.17) is 5.73 Å². The fourth-order valence-electron chi connectivity index (χ4n) is 3.06. The molecule has 1 aliphatic rings. The van der Waals surface area contributed by atoms with E-state index in [0.717, 1.165) is 38.2 Å². The summed E-state index contributed by atoms with van der Waals surface area (Å²) in [7, 11) is 0. The second kappa shape index (κ2) is 8.77. The number of aromatic nitrogens is 3. The Morgan fingerprint density at radius 2 is 1.93 bits per heavy atom. The van der Waals surface area contributed by atoms with Crippen molar-refractivity contribution in [3.8, 4) is 0 Å². The maximum absolute atomic E-state index is 11.7. The minimum absolute atomic E-state index is 0.0235. The maximum Gasteiger partial charge on any atom is 0.273 e. The Bertz CT molecular complexity index is 770. The van der Waals surface area contributed by atoms with Gasteiger partial charge in [-0.15, -0.1) is 10.2 Å². The molecular weight excluding hydrogens is 342 g/mol. The normalized spacial score (nSPS) is 14.9. The van der Waals surface area contributed by atoms with Crippen molar-refractivity contribution in [3.05, 3.63) is 35.5 Å². The summed E-state index contributed by atoms with van der Waals surface area (Å²) in [4.78, 5) is 16.1. The van der Waals surface area contributed by atoms with Gasteiger partial charge < -0.3 is 21.7 Å². The first kappa shape index (κ1) is 19.0. The lowest BCUT2D eigenvalue weighted by Gasteiger charge is -2.22. The van der Waals surface area contributed by atoms with Crippen LogP contribution in [0.25, 0.3) is 0 Å². The average Bonchev–Trinajstić information content (AvgIpc) is 2.67. The van der Waals surface area contributed by atoms with Crippen LogP contribution in [0.2, 0.25) is 0 Å². The van der Waals surface area contributed by atoms with Crippen molar-refractivity contribution in [1.82, 2.24) is 20.5 Å². The van der Waals surface area contributed by atoms with Gasteiger partial charge >= 0.3 is 0 Å².